The molecule has 0 radical (unpaired) electrons. The number of hydrogen-bond acceptors (Lipinski definition) is 3. The van der Waals surface area contributed by atoms with Gasteiger partial charge in [-0.05, 0) is 61.6 Å². The summed E-state index contributed by atoms with van der Waals surface area (Å²) in [5.41, 5.74) is 7.98. The number of likely N-dealkylation sites (tertiary alicyclic amines) is 1. The van der Waals surface area contributed by atoms with Crippen LogP contribution >= 0.6 is 0 Å². The number of ether oxygens (including phenoxy) is 1. The third-order valence-corrected chi connectivity index (χ3v) is 5.71. The second-order valence-electron chi connectivity index (χ2n) is 7.42. The van der Waals surface area contributed by atoms with Crippen molar-refractivity contribution in [1.29, 1.82) is 0 Å². The molecule has 2 N–H and O–H groups in total. The van der Waals surface area contributed by atoms with Crippen molar-refractivity contribution in [3.8, 4) is 5.75 Å². The molecule has 1 saturated heterocycles. The summed E-state index contributed by atoms with van der Waals surface area (Å²) in [4.78, 5) is 14.9. The molecule has 2 aromatic rings. The molecule has 4 nitrogen and oxygen atoms in total. The van der Waals surface area contributed by atoms with Crippen LogP contribution in [0.2, 0.25) is 0 Å². The van der Waals surface area contributed by atoms with Crippen LogP contribution in [0.5, 0.6) is 5.75 Å². The van der Waals surface area contributed by atoms with Crippen molar-refractivity contribution in [3.05, 3.63) is 65.7 Å². The molecule has 1 amide bonds. The number of hydrogen-bond donors (Lipinski definition) is 1. The molecule has 0 unspecified atom stereocenters. The number of benzene rings is 2. The third kappa shape index (κ3) is 3.47. The minimum Gasteiger partial charge on any atom is -0.490 e. The van der Waals surface area contributed by atoms with E-state index >= 15 is 0 Å². The van der Waals surface area contributed by atoms with Crippen molar-refractivity contribution in [3.63, 3.8) is 0 Å². The molecular formula is C22H26N2O2. The Morgan fingerprint density at radius 1 is 1.04 bits per heavy atom. The van der Waals surface area contributed by atoms with Crippen molar-refractivity contribution in [1.82, 2.24) is 4.90 Å². The Hall–Kier alpha value is -2.33. The topological polar surface area (TPSA) is 55.6 Å². The Bertz CT molecular complexity index is 740. The number of rotatable bonds is 5. The van der Waals surface area contributed by atoms with Crippen LogP contribution in [0.15, 0.2) is 54.6 Å². The lowest BCUT2D eigenvalue weighted by atomic mass is 9.89. The Morgan fingerprint density at radius 2 is 1.77 bits per heavy atom. The lowest BCUT2D eigenvalue weighted by molar-refractivity contribution is 0.0786. The van der Waals surface area contributed by atoms with Gasteiger partial charge in [0.05, 0.1) is 6.10 Å². The smallest absolute Gasteiger partial charge is 0.253 e. The van der Waals surface area contributed by atoms with Crippen molar-refractivity contribution >= 4 is 5.91 Å². The van der Waals surface area contributed by atoms with Crippen molar-refractivity contribution in [2.45, 2.75) is 31.3 Å². The Labute approximate surface area is 155 Å². The molecule has 2 aliphatic rings. The first kappa shape index (κ1) is 17.1. The molecule has 0 bridgehead atoms. The normalized spacial score (nSPS) is 22.9. The van der Waals surface area contributed by atoms with Crippen LogP contribution in [0.4, 0.5) is 0 Å². The van der Waals surface area contributed by atoms with Crippen LogP contribution in [-0.4, -0.2) is 36.5 Å². The zero-order chi connectivity index (χ0) is 17.9. The molecule has 2 atom stereocenters. The summed E-state index contributed by atoms with van der Waals surface area (Å²) in [5.74, 6) is 1.56. The lowest BCUT2D eigenvalue weighted by Gasteiger charge is -2.26. The fourth-order valence-electron chi connectivity index (χ4n) is 3.89. The van der Waals surface area contributed by atoms with Gasteiger partial charge >= 0.3 is 0 Å². The van der Waals surface area contributed by atoms with E-state index in [1.54, 1.807) is 0 Å². The first-order valence-corrected chi connectivity index (χ1v) is 9.55. The molecule has 2 fully saturated rings. The maximum absolute atomic E-state index is 12.9. The Morgan fingerprint density at radius 3 is 2.38 bits per heavy atom. The number of carbonyl (C=O) groups excluding carboxylic acids is 1. The molecule has 136 valence electrons. The minimum atomic E-state index is 0.0806. The summed E-state index contributed by atoms with van der Waals surface area (Å²) in [7, 11) is 0. The molecule has 0 aromatic heterocycles. The number of carbonyl (C=O) groups is 1. The van der Waals surface area contributed by atoms with E-state index in [-0.39, 0.29) is 5.91 Å². The van der Waals surface area contributed by atoms with Crippen LogP contribution in [0, 0.1) is 5.92 Å². The second kappa shape index (κ2) is 7.50. The van der Waals surface area contributed by atoms with Gasteiger partial charge in [0, 0.05) is 24.6 Å². The SMILES string of the molecule is NC[C@@H]1CN(C(=O)c2ccc(OC3CCC3)cc2)C[C@H]1c1ccccc1. The number of nitrogens with zero attached hydrogens (tertiary/aromatic N) is 1. The van der Waals surface area contributed by atoms with E-state index in [9.17, 15) is 4.79 Å². The van der Waals surface area contributed by atoms with Gasteiger partial charge in [0.2, 0.25) is 0 Å². The number of nitrogens with two attached hydrogens (primary N) is 1. The summed E-state index contributed by atoms with van der Waals surface area (Å²) in [6.45, 7) is 2.04. The summed E-state index contributed by atoms with van der Waals surface area (Å²) < 4.78 is 5.88. The standard InChI is InChI=1S/C22H26N2O2/c23-13-18-14-24(15-21(18)16-5-2-1-3-6-16)22(25)17-9-11-20(12-10-17)26-19-7-4-8-19/h1-3,5-6,9-12,18-19,21H,4,7-8,13-15,23H2/t18-,21+/m1/s1. The molecule has 1 heterocycles. The van der Waals surface area contributed by atoms with Gasteiger partial charge in [0.1, 0.15) is 5.75 Å². The van der Waals surface area contributed by atoms with Crippen molar-refractivity contribution in [2.75, 3.05) is 19.6 Å². The fourth-order valence-corrected chi connectivity index (χ4v) is 3.89. The number of amides is 1. The monoisotopic (exact) mass is 350 g/mol. The first-order chi connectivity index (χ1) is 12.7. The maximum Gasteiger partial charge on any atom is 0.253 e. The van der Waals surface area contributed by atoms with Gasteiger partial charge in [0.15, 0.2) is 0 Å². The van der Waals surface area contributed by atoms with E-state index < -0.39 is 0 Å². The summed E-state index contributed by atoms with van der Waals surface area (Å²) >= 11 is 0. The van der Waals surface area contributed by atoms with Crippen molar-refractivity contribution < 1.29 is 9.53 Å². The van der Waals surface area contributed by atoms with E-state index in [1.807, 2.05) is 47.4 Å². The van der Waals surface area contributed by atoms with Gasteiger partial charge in [0.25, 0.3) is 5.91 Å². The predicted octanol–water partition coefficient (Wildman–Crippen LogP) is 3.43. The van der Waals surface area contributed by atoms with Gasteiger partial charge in [-0.25, -0.2) is 0 Å². The largest absolute Gasteiger partial charge is 0.490 e. The molecule has 4 rings (SSSR count). The molecule has 2 aromatic carbocycles. The highest BCUT2D eigenvalue weighted by Gasteiger charge is 2.35. The average molecular weight is 350 g/mol. The van der Waals surface area contributed by atoms with Gasteiger partial charge < -0.3 is 15.4 Å². The van der Waals surface area contributed by atoms with Gasteiger partial charge in [-0.3, -0.25) is 4.79 Å². The first-order valence-electron chi connectivity index (χ1n) is 9.55. The summed E-state index contributed by atoms with van der Waals surface area (Å²) in [6.07, 6.45) is 3.87. The second-order valence-corrected chi connectivity index (χ2v) is 7.42. The van der Waals surface area contributed by atoms with Crippen LogP contribution in [0.1, 0.15) is 41.1 Å². The third-order valence-electron chi connectivity index (χ3n) is 5.71. The van der Waals surface area contributed by atoms with E-state index in [0.717, 1.165) is 37.2 Å². The van der Waals surface area contributed by atoms with Crippen LogP contribution < -0.4 is 10.5 Å². The highest BCUT2D eigenvalue weighted by atomic mass is 16.5. The lowest BCUT2D eigenvalue weighted by Crippen LogP contribution is -2.29. The van der Waals surface area contributed by atoms with Crippen molar-refractivity contribution in [2.24, 2.45) is 11.7 Å². The van der Waals surface area contributed by atoms with E-state index in [1.165, 1.54) is 12.0 Å². The maximum atomic E-state index is 12.9. The van der Waals surface area contributed by atoms with E-state index in [0.29, 0.717) is 24.5 Å². The minimum absolute atomic E-state index is 0.0806. The molecule has 1 aliphatic carbocycles. The molecule has 1 aliphatic heterocycles. The van der Waals surface area contributed by atoms with Gasteiger partial charge in [-0.1, -0.05) is 30.3 Å². The summed E-state index contributed by atoms with van der Waals surface area (Å²) in [6, 6.07) is 18.0. The highest BCUT2D eigenvalue weighted by Crippen LogP contribution is 2.33. The summed E-state index contributed by atoms with van der Waals surface area (Å²) in [5, 5.41) is 0. The average Bonchev–Trinajstić information content (AvgIpc) is 3.10. The van der Waals surface area contributed by atoms with Crippen LogP contribution in [0.3, 0.4) is 0 Å². The molecule has 0 spiro atoms. The zero-order valence-electron chi connectivity index (χ0n) is 15.0. The van der Waals surface area contributed by atoms with E-state index in [4.69, 9.17) is 10.5 Å². The molecule has 1 saturated carbocycles. The predicted molar refractivity (Wildman–Crippen MR) is 102 cm³/mol. The Balaban J connectivity index is 1.44. The molecule has 26 heavy (non-hydrogen) atoms. The molecule has 4 heteroatoms. The van der Waals surface area contributed by atoms with Crippen LogP contribution in [0.25, 0.3) is 0 Å². The Kier molecular flexibility index (Phi) is 4.93. The molecular weight excluding hydrogens is 324 g/mol. The van der Waals surface area contributed by atoms with Gasteiger partial charge in [-0.15, -0.1) is 0 Å². The van der Waals surface area contributed by atoms with Crippen LogP contribution in [-0.2, 0) is 0 Å². The fraction of sp³-hybridized carbons (Fsp3) is 0.409. The van der Waals surface area contributed by atoms with Gasteiger partial charge in [-0.2, -0.15) is 0 Å². The van der Waals surface area contributed by atoms with E-state index in [2.05, 4.69) is 12.1 Å². The quantitative estimate of drug-likeness (QED) is 0.899. The highest BCUT2D eigenvalue weighted by molar-refractivity contribution is 5.94. The zero-order valence-corrected chi connectivity index (χ0v) is 15.0.